The molecule has 0 aromatic heterocycles. The summed E-state index contributed by atoms with van der Waals surface area (Å²) >= 11 is 1.86. The molecule has 3 rings (SSSR count). The highest BCUT2D eigenvalue weighted by molar-refractivity contribution is 14.1. The number of alkyl halides is 2. The minimum absolute atomic E-state index is 0.00835. The van der Waals surface area contributed by atoms with Crippen LogP contribution in [-0.4, -0.2) is 44.7 Å². The summed E-state index contributed by atoms with van der Waals surface area (Å²) in [4.78, 5) is 37.6. The van der Waals surface area contributed by atoms with Gasteiger partial charge in [-0.25, -0.2) is 9.18 Å². The summed E-state index contributed by atoms with van der Waals surface area (Å²) in [5.74, 6) is -4.45. The van der Waals surface area contributed by atoms with E-state index in [0.717, 1.165) is 4.90 Å². The number of ether oxygens (including phenoxy) is 2. The Morgan fingerprint density at radius 1 is 1.37 bits per heavy atom. The number of rotatable bonds is 4. The average Bonchev–Trinajstić information content (AvgIpc) is 2.84. The highest BCUT2D eigenvalue weighted by Crippen LogP contribution is 2.49. The maximum absolute atomic E-state index is 15.3. The number of carbonyl (C=O) groups excluding carboxylic acids is 3. The second-order valence-electron chi connectivity index (χ2n) is 6.81. The Balaban J connectivity index is 1.97. The standard InChI is InChI=1S/C19H19FINO5/c1-12-18(2,26-16(25)13-6-4-3-5-7-13)17(27-19(12,20)11-21)22-9-8-14(23)10-15(22)24/h3-9,12,17H,10-11H2,1-2H3/t12-,17+,18+,19+/m0/s1. The van der Waals surface area contributed by atoms with Crippen molar-refractivity contribution in [3.63, 3.8) is 0 Å². The van der Waals surface area contributed by atoms with Gasteiger partial charge in [0.1, 0.15) is 0 Å². The van der Waals surface area contributed by atoms with Crippen LogP contribution in [0.25, 0.3) is 0 Å². The molecule has 2 heterocycles. The lowest BCUT2D eigenvalue weighted by atomic mass is 9.86. The third kappa shape index (κ3) is 3.52. The zero-order chi connectivity index (χ0) is 19.8. The molecule has 1 amide bonds. The fourth-order valence-electron chi connectivity index (χ4n) is 3.25. The smallest absolute Gasteiger partial charge is 0.338 e. The fraction of sp³-hybridized carbons (Fsp3) is 0.421. The first-order valence-corrected chi connectivity index (χ1v) is 9.97. The third-order valence-corrected chi connectivity index (χ3v) is 6.14. The van der Waals surface area contributed by atoms with Gasteiger partial charge < -0.3 is 9.47 Å². The first-order valence-electron chi connectivity index (χ1n) is 8.44. The number of nitrogens with zero attached hydrogens (tertiary/aromatic N) is 1. The minimum atomic E-state index is -2.09. The first kappa shape index (κ1) is 19.9. The molecule has 0 unspecified atom stereocenters. The summed E-state index contributed by atoms with van der Waals surface area (Å²) in [6, 6.07) is 8.33. The van der Waals surface area contributed by atoms with E-state index in [9.17, 15) is 14.4 Å². The Morgan fingerprint density at radius 2 is 2.04 bits per heavy atom. The van der Waals surface area contributed by atoms with Crippen molar-refractivity contribution in [2.24, 2.45) is 5.92 Å². The molecule has 1 aromatic rings. The molecule has 0 radical (unpaired) electrons. The van der Waals surface area contributed by atoms with E-state index < -0.39 is 35.5 Å². The second-order valence-corrected chi connectivity index (χ2v) is 7.57. The van der Waals surface area contributed by atoms with Gasteiger partial charge in [-0.3, -0.25) is 14.5 Å². The predicted molar refractivity (Wildman–Crippen MR) is 103 cm³/mol. The summed E-state index contributed by atoms with van der Waals surface area (Å²) < 4.78 is 26.6. The van der Waals surface area contributed by atoms with Gasteiger partial charge in [0.15, 0.2) is 17.6 Å². The number of allylic oxidation sites excluding steroid dienone is 1. The Morgan fingerprint density at radius 3 is 2.63 bits per heavy atom. The number of halogens is 2. The lowest BCUT2D eigenvalue weighted by molar-refractivity contribution is -0.181. The maximum atomic E-state index is 15.3. The van der Waals surface area contributed by atoms with Crippen LogP contribution in [0, 0.1) is 5.92 Å². The van der Waals surface area contributed by atoms with E-state index in [1.165, 1.54) is 12.3 Å². The van der Waals surface area contributed by atoms with Crippen LogP contribution in [0.2, 0.25) is 0 Å². The van der Waals surface area contributed by atoms with Crippen molar-refractivity contribution in [1.29, 1.82) is 0 Å². The summed E-state index contributed by atoms with van der Waals surface area (Å²) in [5, 5.41) is 0. The van der Waals surface area contributed by atoms with E-state index in [-0.39, 0.29) is 16.6 Å². The monoisotopic (exact) mass is 487 g/mol. The Kier molecular flexibility index (Phi) is 5.40. The van der Waals surface area contributed by atoms with Crippen LogP contribution >= 0.6 is 22.6 Å². The van der Waals surface area contributed by atoms with E-state index in [0.29, 0.717) is 5.56 Å². The summed E-state index contributed by atoms with van der Waals surface area (Å²) in [5.41, 5.74) is -1.14. The van der Waals surface area contributed by atoms with Crippen LogP contribution in [-0.2, 0) is 19.1 Å². The van der Waals surface area contributed by atoms with Gasteiger partial charge in [0.2, 0.25) is 11.8 Å². The van der Waals surface area contributed by atoms with Crippen LogP contribution in [0.5, 0.6) is 0 Å². The largest absolute Gasteiger partial charge is 0.450 e. The molecule has 0 bridgehead atoms. The molecular weight excluding hydrogens is 468 g/mol. The molecule has 27 heavy (non-hydrogen) atoms. The van der Waals surface area contributed by atoms with Crippen LogP contribution < -0.4 is 0 Å². The number of hydrogen-bond donors (Lipinski definition) is 0. The van der Waals surface area contributed by atoms with Crippen molar-refractivity contribution >= 4 is 40.3 Å². The zero-order valence-electron chi connectivity index (χ0n) is 14.9. The molecule has 8 heteroatoms. The summed E-state index contributed by atoms with van der Waals surface area (Å²) in [6.45, 7) is 3.13. The predicted octanol–water partition coefficient (Wildman–Crippen LogP) is 3.01. The Hall–Kier alpha value is -1.81. The average molecular weight is 487 g/mol. The second kappa shape index (κ2) is 7.31. The topological polar surface area (TPSA) is 72.9 Å². The van der Waals surface area contributed by atoms with Crippen molar-refractivity contribution in [2.45, 2.75) is 38.0 Å². The maximum Gasteiger partial charge on any atom is 0.338 e. The van der Waals surface area contributed by atoms with E-state index in [1.54, 1.807) is 44.2 Å². The van der Waals surface area contributed by atoms with E-state index >= 15 is 4.39 Å². The fourth-order valence-corrected chi connectivity index (χ4v) is 4.09. The quantitative estimate of drug-likeness (QED) is 0.283. The van der Waals surface area contributed by atoms with Gasteiger partial charge in [0.25, 0.3) is 0 Å². The molecule has 1 saturated heterocycles. The van der Waals surface area contributed by atoms with Crippen LogP contribution in [0.15, 0.2) is 42.6 Å². The van der Waals surface area contributed by atoms with Gasteiger partial charge >= 0.3 is 5.97 Å². The Bertz CT molecular complexity index is 801. The molecule has 144 valence electrons. The number of carbonyl (C=O) groups is 3. The zero-order valence-corrected chi connectivity index (χ0v) is 17.0. The van der Waals surface area contributed by atoms with Gasteiger partial charge in [0, 0.05) is 6.20 Å². The van der Waals surface area contributed by atoms with Crippen molar-refractivity contribution in [3.05, 3.63) is 48.2 Å². The highest BCUT2D eigenvalue weighted by Gasteiger charge is 2.64. The summed E-state index contributed by atoms with van der Waals surface area (Å²) in [7, 11) is 0. The Labute approximate surface area is 169 Å². The highest BCUT2D eigenvalue weighted by atomic mass is 127. The molecule has 4 atom stereocenters. The number of ketones is 1. The molecule has 0 spiro atoms. The van der Waals surface area contributed by atoms with Crippen LogP contribution in [0.1, 0.15) is 30.6 Å². The number of benzene rings is 1. The summed E-state index contributed by atoms with van der Waals surface area (Å²) in [6.07, 6.45) is 0.976. The van der Waals surface area contributed by atoms with Crippen molar-refractivity contribution < 1.29 is 28.2 Å². The van der Waals surface area contributed by atoms with E-state index in [1.807, 2.05) is 22.6 Å². The van der Waals surface area contributed by atoms with Gasteiger partial charge in [-0.15, -0.1) is 0 Å². The molecule has 1 fully saturated rings. The lowest BCUT2D eigenvalue weighted by Crippen LogP contribution is -2.54. The van der Waals surface area contributed by atoms with E-state index in [2.05, 4.69) is 0 Å². The molecule has 0 saturated carbocycles. The third-order valence-electron chi connectivity index (χ3n) is 5.10. The van der Waals surface area contributed by atoms with Crippen molar-refractivity contribution in [2.75, 3.05) is 4.43 Å². The minimum Gasteiger partial charge on any atom is -0.450 e. The molecule has 6 nitrogen and oxygen atoms in total. The molecule has 1 aromatic carbocycles. The van der Waals surface area contributed by atoms with Gasteiger partial charge in [-0.1, -0.05) is 47.7 Å². The van der Waals surface area contributed by atoms with Crippen molar-refractivity contribution in [3.8, 4) is 0 Å². The molecule has 0 N–H and O–H groups in total. The van der Waals surface area contributed by atoms with Gasteiger partial charge in [0.05, 0.1) is 22.3 Å². The molecule has 2 aliphatic heterocycles. The molecular formula is C19H19FINO5. The van der Waals surface area contributed by atoms with Crippen molar-refractivity contribution in [1.82, 2.24) is 4.90 Å². The molecule has 2 aliphatic rings. The van der Waals surface area contributed by atoms with Crippen LogP contribution in [0.4, 0.5) is 4.39 Å². The normalized spacial score (nSPS) is 33.4. The van der Waals surface area contributed by atoms with Crippen LogP contribution in [0.3, 0.4) is 0 Å². The number of hydrogen-bond acceptors (Lipinski definition) is 5. The first-order chi connectivity index (χ1) is 12.7. The SMILES string of the molecule is C[C@H]1[C@@](C)(OC(=O)c2ccccc2)[C@H](N2C=CC(=O)CC2=O)O[C@]1(F)CI. The van der Waals surface area contributed by atoms with E-state index in [4.69, 9.17) is 9.47 Å². The number of esters is 1. The number of amides is 1. The molecule has 0 aliphatic carbocycles. The lowest BCUT2D eigenvalue weighted by Gasteiger charge is -2.38. The van der Waals surface area contributed by atoms with Gasteiger partial charge in [-0.05, 0) is 25.1 Å². The van der Waals surface area contributed by atoms with Gasteiger partial charge in [-0.2, -0.15) is 0 Å².